The first-order chi connectivity index (χ1) is 7.91. The van der Waals surface area contributed by atoms with Crippen LogP contribution in [0.15, 0.2) is 0 Å². The highest BCUT2D eigenvalue weighted by molar-refractivity contribution is 5.84. The predicted molar refractivity (Wildman–Crippen MR) is 59.9 cm³/mol. The largest absolute Gasteiger partial charge is 0.481 e. The average Bonchev–Trinajstić information content (AvgIpc) is 2.62. The summed E-state index contributed by atoms with van der Waals surface area (Å²) in [6.07, 6.45) is 5.16. The van der Waals surface area contributed by atoms with Crippen molar-refractivity contribution in [2.24, 2.45) is 11.1 Å². The summed E-state index contributed by atoms with van der Waals surface area (Å²) >= 11 is 0. The monoisotopic (exact) mass is 240 g/mol. The number of hydrogen-bond acceptors (Lipinski definition) is 4. The highest BCUT2D eigenvalue weighted by Crippen LogP contribution is 2.28. The Labute approximate surface area is 99.5 Å². The van der Waals surface area contributed by atoms with Gasteiger partial charge in [-0.15, -0.1) is 12.3 Å². The summed E-state index contributed by atoms with van der Waals surface area (Å²) in [5, 5.41) is 11.7. The third-order valence-electron chi connectivity index (χ3n) is 2.94. The minimum atomic E-state index is -1.12. The maximum absolute atomic E-state index is 11.6. The number of terminal acetylenes is 1. The van der Waals surface area contributed by atoms with E-state index in [-0.39, 0.29) is 19.6 Å². The third kappa shape index (κ3) is 2.75. The maximum atomic E-state index is 11.6. The lowest BCUT2D eigenvalue weighted by Crippen LogP contribution is -2.53. The predicted octanol–water partition coefficient (Wildman–Crippen LogP) is -1.06. The molecule has 3 atom stereocenters. The Hall–Kier alpha value is -1.58. The van der Waals surface area contributed by atoms with E-state index in [1.807, 2.05) is 0 Å². The molecular weight excluding hydrogens is 224 g/mol. The van der Waals surface area contributed by atoms with E-state index in [1.165, 1.54) is 6.92 Å². The number of nitrogens with two attached hydrogens (primary N) is 1. The second-order valence-electron chi connectivity index (χ2n) is 4.31. The zero-order valence-corrected chi connectivity index (χ0v) is 9.60. The van der Waals surface area contributed by atoms with E-state index in [0.717, 1.165) is 0 Å². The van der Waals surface area contributed by atoms with Crippen molar-refractivity contribution in [3.05, 3.63) is 0 Å². The van der Waals surface area contributed by atoms with Gasteiger partial charge < -0.3 is 20.9 Å². The van der Waals surface area contributed by atoms with Crippen LogP contribution in [0.4, 0.5) is 0 Å². The molecule has 0 saturated carbocycles. The number of hydrogen-bond donors (Lipinski definition) is 3. The molecule has 1 fully saturated rings. The van der Waals surface area contributed by atoms with Gasteiger partial charge in [0.15, 0.2) is 0 Å². The number of carboxylic acids is 1. The molecule has 0 aromatic carbocycles. The molecule has 1 amide bonds. The summed E-state index contributed by atoms with van der Waals surface area (Å²) < 4.78 is 5.10. The fourth-order valence-electron chi connectivity index (χ4n) is 1.58. The molecule has 0 aromatic rings. The number of carbonyl (C=O) groups is 2. The molecule has 17 heavy (non-hydrogen) atoms. The molecule has 0 aromatic heterocycles. The molecular formula is C11H16N2O4. The van der Waals surface area contributed by atoms with Crippen LogP contribution in [0.3, 0.4) is 0 Å². The molecule has 0 radical (unpaired) electrons. The Balaban J connectivity index is 2.66. The van der Waals surface area contributed by atoms with Gasteiger partial charge in [0.25, 0.3) is 0 Å². The Morgan fingerprint density at radius 2 is 2.41 bits per heavy atom. The Morgan fingerprint density at radius 3 is 2.94 bits per heavy atom. The number of carbonyl (C=O) groups excluding carboxylic acids is 1. The number of amides is 1. The number of rotatable bonds is 4. The zero-order chi connectivity index (χ0) is 13.1. The summed E-state index contributed by atoms with van der Waals surface area (Å²) in [5.41, 5.74) is 4.41. The normalized spacial score (nSPS) is 29.4. The van der Waals surface area contributed by atoms with Gasteiger partial charge in [-0.25, -0.2) is 0 Å². The molecule has 3 unspecified atom stereocenters. The summed E-state index contributed by atoms with van der Waals surface area (Å²) in [7, 11) is 0. The van der Waals surface area contributed by atoms with Crippen LogP contribution in [-0.2, 0) is 14.3 Å². The van der Waals surface area contributed by atoms with Crippen LogP contribution in [0.1, 0.15) is 13.3 Å². The van der Waals surface area contributed by atoms with Crippen molar-refractivity contribution in [2.45, 2.75) is 25.4 Å². The molecule has 6 heteroatoms. The van der Waals surface area contributed by atoms with E-state index < -0.39 is 29.4 Å². The summed E-state index contributed by atoms with van der Waals surface area (Å²) in [6, 6.07) is -1.41. The second kappa shape index (κ2) is 5.17. The van der Waals surface area contributed by atoms with Gasteiger partial charge in [-0.3, -0.25) is 9.59 Å². The minimum absolute atomic E-state index is 0.0671. The lowest BCUT2D eigenvalue weighted by molar-refractivity contribution is -0.149. The first-order valence-corrected chi connectivity index (χ1v) is 5.22. The number of aliphatic carboxylic acids is 1. The topological polar surface area (TPSA) is 102 Å². The van der Waals surface area contributed by atoms with Crippen LogP contribution in [0.25, 0.3) is 0 Å². The summed E-state index contributed by atoms with van der Waals surface area (Å²) in [6.45, 7) is 1.76. The Kier molecular flexibility index (Phi) is 4.10. The molecule has 1 saturated heterocycles. The van der Waals surface area contributed by atoms with Crippen molar-refractivity contribution in [1.29, 1.82) is 0 Å². The van der Waals surface area contributed by atoms with Crippen LogP contribution in [0.2, 0.25) is 0 Å². The standard InChI is InChI=1S/C11H16N2O4/c1-3-4-7(12)9(14)13-8-5-17-6-11(8,2)10(15)16/h1,7-8H,4-6,12H2,2H3,(H,13,14)(H,15,16). The van der Waals surface area contributed by atoms with Gasteiger partial charge in [-0.2, -0.15) is 0 Å². The molecule has 1 rings (SSSR count). The highest BCUT2D eigenvalue weighted by atomic mass is 16.5. The van der Waals surface area contributed by atoms with Gasteiger partial charge in [0.1, 0.15) is 5.41 Å². The Bertz CT molecular complexity index is 363. The average molecular weight is 240 g/mol. The van der Waals surface area contributed by atoms with Crippen molar-refractivity contribution in [3.63, 3.8) is 0 Å². The SMILES string of the molecule is C#CCC(N)C(=O)NC1COCC1(C)C(=O)O. The maximum Gasteiger partial charge on any atom is 0.313 e. The lowest BCUT2D eigenvalue weighted by Gasteiger charge is -2.26. The molecule has 1 aliphatic rings. The van der Waals surface area contributed by atoms with E-state index in [2.05, 4.69) is 11.2 Å². The van der Waals surface area contributed by atoms with Gasteiger partial charge in [0.2, 0.25) is 5.91 Å². The summed E-state index contributed by atoms with van der Waals surface area (Å²) in [5.74, 6) is 0.822. The molecule has 0 aliphatic carbocycles. The molecule has 94 valence electrons. The van der Waals surface area contributed by atoms with Crippen molar-refractivity contribution < 1.29 is 19.4 Å². The molecule has 4 N–H and O–H groups in total. The van der Waals surface area contributed by atoms with Crippen LogP contribution >= 0.6 is 0 Å². The highest BCUT2D eigenvalue weighted by Gasteiger charge is 2.47. The third-order valence-corrected chi connectivity index (χ3v) is 2.94. The minimum Gasteiger partial charge on any atom is -0.481 e. The molecule has 6 nitrogen and oxygen atoms in total. The van der Waals surface area contributed by atoms with E-state index in [9.17, 15) is 9.59 Å². The fraction of sp³-hybridized carbons (Fsp3) is 0.636. The van der Waals surface area contributed by atoms with Crippen molar-refractivity contribution in [3.8, 4) is 12.3 Å². The summed E-state index contributed by atoms with van der Waals surface area (Å²) in [4.78, 5) is 22.7. The van der Waals surface area contributed by atoms with Crippen LogP contribution in [0.5, 0.6) is 0 Å². The van der Waals surface area contributed by atoms with Gasteiger partial charge in [-0.1, -0.05) is 0 Å². The van der Waals surface area contributed by atoms with E-state index in [1.54, 1.807) is 0 Å². The molecule has 0 bridgehead atoms. The first-order valence-electron chi connectivity index (χ1n) is 5.22. The van der Waals surface area contributed by atoms with Crippen molar-refractivity contribution in [2.75, 3.05) is 13.2 Å². The van der Waals surface area contributed by atoms with Crippen LogP contribution in [0, 0.1) is 17.8 Å². The van der Waals surface area contributed by atoms with Gasteiger partial charge >= 0.3 is 5.97 Å². The van der Waals surface area contributed by atoms with E-state index in [4.69, 9.17) is 22.0 Å². The molecule has 1 aliphatic heterocycles. The number of ether oxygens (including phenoxy) is 1. The first kappa shape index (κ1) is 13.5. The zero-order valence-electron chi connectivity index (χ0n) is 9.60. The smallest absolute Gasteiger partial charge is 0.313 e. The fourth-order valence-corrected chi connectivity index (χ4v) is 1.58. The molecule has 0 spiro atoms. The van der Waals surface area contributed by atoms with E-state index >= 15 is 0 Å². The quantitative estimate of drug-likeness (QED) is 0.544. The van der Waals surface area contributed by atoms with Gasteiger partial charge in [0, 0.05) is 6.42 Å². The van der Waals surface area contributed by atoms with E-state index in [0.29, 0.717) is 0 Å². The Morgan fingerprint density at radius 1 is 1.76 bits per heavy atom. The molecule has 1 heterocycles. The van der Waals surface area contributed by atoms with Crippen molar-refractivity contribution >= 4 is 11.9 Å². The van der Waals surface area contributed by atoms with Gasteiger partial charge in [-0.05, 0) is 6.92 Å². The van der Waals surface area contributed by atoms with Crippen LogP contribution < -0.4 is 11.1 Å². The van der Waals surface area contributed by atoms with Crippen molar-refractivity contribution in [1.82, 2.24) is 5.32 Å². The second-order valence-corrected chi connectivity index (χ2v) is 4.31. The lowest BCUT2D eigenvalue weighted by atomic mass is 9.85. The number of nitrogens with one attached hydrogen (secondary N) is 1. The van der Waals surface area contributed by atoms with Gasteiger partial charge in [0.05, 0.1) is 25.3 Å². The van der Waals surface area contributed by atoms with Crippen LogP contribution in [-0.4, -0.2) is 42.3 Å². The number of carboxylic acid groups (broad SMARTS) is 1.